The van der Waals surface area contributed by atoms with E-state index in [0.29, 0.717) is 22.6 Å². The van der Waals surface area contributed by atoms with Crippen molar-refractivity contribution in [3.05, 3.63) is 53.0 Å². The lowest BCUT2D eigenvalue weighted by Crippen LogP contribution is -2.26. The van der Waals surface area contributed by atoms with Crippen LogP contribution in [0.5, 0.6) is 0 Å². The van der Waals surface area contributed by atoms with Gasteiger partial charge in [0.1, 0.15) is 17.1 Å². The zero-order chi connectivity index (χ0) is 20.2. The highest BCUT2D eigenvalue weighted by atomic mass is 32.2. The number of benzene rings is 1. The van der Waals surface area contributed by atoms with E-state index >= 15 is 0 Å². The molecule has 0 spiro atoms. The number of amides is 1. The zero-order valence-electron chi connectivity index (χ0n) is 15.3. The number of carbonyl (C=O) groups excluding carboxylic acids is 2. The van der Waals surface area contributed by atoms with Crippen LogP contribution in [0, 0.1) is 6.92 Å². The Kier molecular flexibility index (Phi) is 6.37. The molecule has 1 N–H and O–H groups in total. The maximum atomic E-state index is 12.5. The van der Waals surface area contributed by atoms with Gasteiger partial charge in [0, 0.05) is 12.6 Å². The van der Waals surface area contributed by atoms with Crippen molar-refractivity contribution >= 4 is 21.9 Å². The Bertz CT molecular complexity index is 933. The molecule has 0 radical (unpaired) electrons. The number of aryl methyl sites for hydroxylation is 1. The van der Waals surface area contributed by atoms with Crippen molar-refractivity contribution in [1.82, 2.24) is 9.79 Å². The van der Waals surface area contributed by atoms with Crippen LogP contribution < -0.4 is 4.89 Å². The van der Waals surface area contributed by atoms with Crippen molar-refractivity contribution in [3.63, 3.8) is 0 Å². The number of nitrogens with one attached hydrogen (secondary N) is 1. The van der Waals surface area contributed by atoms with Gasteiger partial charge >= 0.3 is 5.97 Å². The van der Waals surface area contributed by atoms with Gasteiger partial charge in [-0.1, -0.05) is 4.89 Å². The molecule has 1 aromatic carbocycles. The average Bonchev–Trinajstić information content (AvgIpc) is 3.00. The number of methoxy groups -OCH3 is 1. The Morgan fingerprint density at radius 2 is 1.81 bits per heavy atom. The van der Waals surface area contributed by atoms with Crippen LogP contribution in [0.1, 0.15) is 32.2 Å². The van der Waals surface area contributed by atoms with Gasteiger partial charge in [0.15, 0.2) is 0 Å². The van der Waals surface area contributed by atoms with Crippen LogP contribution in [0.15, 0.2) is 39.6 Å². The third-order valence-corrected chi connectivity index (χ3v) is 5.00. The van der Waals surface area contributed by atoms with Crippen molar-refractivity contribution in [3.8, 4) is 0 Å². The Morgan fingerprint density at radius 1 is 1.19 bits per heavy atom. The summed E-state index contributed by atoms with van der Waals surface area (Å²) in [4.78, 5) is 31.8. The first-order chi connectivity index (χ1) is 12.7. The lowest BCUT2D eigenvalue weighted by molar-refractivity contribution is 0.0598. The fraction of sp³-hybridized carbons (Fsp3) is 0.294. The van der Waals surface area contributed by atoms with Crippen LogP contribution in [-0.4, -0.2) is 46.5 Å². The molecule has 0 atom stereocenters. The van der Waals surface area contributed by atoms with Crippen molar-refractivity contribution in [2.45, 2.75) is 18.4 Å². The molecular weight excluding hydrogens is 376 g/mol. The minimum Gasteiger partial charge on any atom is -0.465 e. The predicted molar refractivity (Wildman–Crippen MR) is 94.4 cm³/mol. The summed E-state index contributed by atoms with van der Waals surface area (Å²) in [5.41, 5.74) is 0.596. The second-order valence-corrected chi connectivity index (χ2v) is 7.30. The van der Waals surface area contributed by atoms with Gasteiger partial charge in [-0.05, 0) is 37.3 Å². The number of furan rings is 1. The minimum absolute atomic E-state index is 0.0343. The van der Waals surface area contributed by atoms with Crippen LogP contribution in [0.4, 0.5) is 0 Å². The molecule has 0 unspecified atom stereocenters. The van der Waals surface area contributed by atoms with Gasteiger partial charge < -0.3 is 14.1 Å². The van der Waals surface area contributed by atoms with E-state index in [1.165, 1.54) is 49.5 Å². The van der Waals surface area contributed by atoms with E-state index in [1.54, 1.807) is 14.0 Å². The van der Waals surface area contributed by atoms with E-state index in [-0.39, 0.29) is 17.3 Å². The molecule has 0 saturated carbocycles. The number of rotatable bonds is 7. The number of esters is 1. The van der Waals surface area contributed by atoms with Gasteiger partial charge in [0.2, 0.25) is 0 Å². The van der Waals surface area contributed by atoms with E-state index in [2.05, 4.69) is 9.57 Å². The predicted octanol–water partition coefficient (Wildman–Crippen LogP) is 1.49. The van der Waals surface area contributed by atoms with Gasteiger partial charge in [0.05, 0.1) is 25.7 Å². The fourth-order valence-corrected chi connectivity index (χ4v) is 3.20. The third kappa shape index (κ3) is 4.73. The van der Waals surface area contributed by atoms with E-state index in [9.17, 15) is 18.0 Å². The molecule has 1 aromatic heterocycles. The lowest BCUT2D eigenvalue weighted by Gasteiger charge is -2.16. The quantitative estimate of drug-likeness (QED) is 0.557. The molecule has 0 aliphatic rings. The van der Waals surface area contributed by atoms with E-state index in [0.717, 1.165) is 0 Å². The SMILES string of the molecule is CONS(=O)(=O)c1ccc(C(=O)N(C)Cc2cc(C(=O)OC)c(C)o2)cc1. The molecule has 146 valence electrons. The van der Waals surface area contributed by atoms with E-state index < -0.39 is 16.0 Å². The Hall–Kier alpha value is -2.69. The first-order valence-electron chi connectivity index (χ1n) is 7.77. The van der Waals surface area contributed by atoms with Gasteiger partial charge in [-0.2, -0.15) is 0 Å². The summed E-state index contributed by atoms with van der Waals surface area (Å²) in [5.74, 6) is -0.0320. The summed E-state index contributed by atoms with van der Waals surface area (Å²) in [6.45, 7) is 1.76. The summed E-state index contributed by atoms with van der Waals surface area (Å²) in [6, 6.07) is 6.92. The van der Waals surface area contributed by atoms with Crippen LogP contribution in [-0.2, 0) is 26.1 Å². The summed E-state index contributed by atoms with van der Waals surface area (Å²) in [6.07, 6.45) is 0. The van der Waals surface area contributed by atoms with Crippen LogP contribution >= 0.6 is 0 Å². The Morgan fingerprint density at radius 3 is 2.37 bits per heavy atom. The van der Waals surface area contributed by atoms with Crippen LogP contribution in [0.3, 0.4) is 0 Å². The second kappa shape index (κ2) is 8.33. The normalized spacial score (nSPS) is 11.3. The fourth-order valence-electron chi connectivity index (χ4n) is 2.39. The molecule has 0 bridgehead atoms. The number of carbonyl (C=O) groups is 2. The summed E-state index contributed by atoms with van der Waals surface area (Å²) in [5, 5.41) is 0. The van der Waals surface area contributed by atoms with Gasteiger partial charge in [-0.3, -0.25) is 9.63 Å². The van der Waals surface area contributed by atoms with Crippen LogP contribution in [0.2, 0.25) is 0 Å². The zero-order valence-corrected chi connectivity index (χ0v) is 16.1. The third-order valence-electron chi connectivity index (χ3n) is 3.72. The first kappa shape index (κ1) is 20.6. The topological polar surface area (TPSA) is 115 Å². The molecule has 1 amide bonds. The van der Waals surface area contributed by atoms with Gasteiger partial charge in [0.25, 0.3) is 15.9 Å². The summed E-state index contributed by atoms with van der Waals surface area (Å²) < 4.78 is 33.8. The molecule has 10 heteroatoms. The molecule has 1 heterocycles. The van der Waals surface area contributed by atoms with Gasteiger partial charge in [-0.15, -0.1) is 0 Å². The van der Waals surface area contributed by atoms with E-state index in [1.807, 2.05) is 4.89 Å². The number of hydrogen-bond donors (Lipinski definition) is 1. The monoisotopic (exact) mass is 396 g/mol. The number of ether oxygens (including phenoxy) is 1. The summed E-state index contributed by atoms with van der Waals surface area (Å²) in [7, 11) is 0.235. The van der Waals surface area contributed by atoms with Crippen LogP contribution in [0.25, 0.3) is 0 Å². The largest absolute Gasteiger partial charge is 0.465 e. The highest BCUT2D eigenvalue weighted by molar-refractivity contribution is 7.89. The Labute approximate surface area is 156 Å². The summed E-state index contributed by atoms with van der Waals surface area (Å²) >= 11 is 0. The van der Waals surface area contributed by atoms with Crippen molar-refractivity contribution in [2.75, 3.05) is 21.3 Å². The smallest absolute Gasteiger partial charge is 0.341 e. The van der Waals surface area contributed by atoms with Crippen molar-refractivity contribution < 1.29 is 32.0 Å². The molecule has 2 rings (SSSR count). The van der Waals surface area contributed by atoms with E-state index in [4.69, 9.17) is 4.42 Å². The highest BCUT2D eigenvalue weighted by Gasteiger charge is 2.20. The maximum absolute atomic E-state index is 12.5. The molecule has 0 aliphatic heterocycles. The Balaban J connectivity index is 2.12. The molecule has 0 aliphatic carbocycles. The van der Waals surface area contributed by atoms with Crippen molar-refractivity contribution in [2.24, 2.45) is 0 Å². The van der Waals surface area contributed by atoms with Gasteiger partial charge in [-0.25, -0.2) is 13.2 Å². The second-order valence-electron chi connectivity index (χ2n) is 5.65. The maximum Gasteiger partial charge on any atom is 0.341 e. The molecule has 2 aromatic rings. The number of sulfonamides is 1. The molecule has 0 saturated heterocycles. The van der Waals surface area contributed by atoms with Crippen molar-refractivity contribution in [1.29, 1.82) is 0 Å². The minimum atomic E-state index is -3.79. The molecule has 0 fully saturated rings. The highest BCUT2D eigenvalue weighted by Crippen LogP contribution is 2.18. The first-order valence-corrected chi connectivity index (χ1v) is 9.26. The lowest BCUT2D eigenvalue weighted by atomic mass is 10.2. The molecular formula is C17H20N2O7S. The number of hydrogen-bond acceptors (Lipinski definition) is 7. The number of nitrogens with zero attached hydrogens (tertiary/aromatic N) is 1. The average molecular weight is 396 g/mol. The molecule has 27 heavy (non-hydrogen) atoms. The molecule has 9 nitrogen and oxygen atoms in total. The standard InChI is InChI=1S/C17H20N2O7S/c1-11-15(17(21)24-3)9-13(26-11)10-19(2)16(20)12-5-7-14(8-6-12)27(22,23)18-25-4/h5-9,18H,10H2,1-4H3.